The lowest BCUT2D eigenvalue weighted by molar-refractivity contribution is 0.122. The fourth-order valence-electron chi connectivity index (χ4n) is 4.84. The molecule has 0 bridgehead atoms. The predicted octanol–water partition coefficient (Wildman–Crippen LogP) is 7.48. The highest BCUT2D eigenvalue weighted by molar-refractivity contribution is 5.75. The second-order valence-corrected chi connectivity index (χ2v) is 9.39. The summed E-state index contributed by atoms with van der Waals surface area (Å²) in [5, 5.41) is 5.04. The molecule has 0 spiro atoms. The Labute approximate surface area is 221 Å². The highest BCUT2D eigenvalue weighted by Gasteiger charge is 2.22. The van der Waals surface area contributed by atoms with E-state index in [-0.39, 0.29) is 0 Å². The van der Waals surface area contributed by atoms with Crippen LogP contribution in [0.5, 0.6) is 0 Å². The molecule has 0 amide bonds. The smallest absolute Gasteiger partial charge is 0.158 e. The molecule has 5 nitrogen and oxygen atoms in total. The molecule has 1 atom stereocenters. The predicted molar refractivity (Wildman–Crippen MR) is 156 cm³/mol. The van der Waals surface area contributed by atoms with E-state index in [0.717, 1.165) is 74.0 Å². The number of rotatable bonds is 10. The maximum absolute atomic E-state index is 5.66. The molecule has 3 heterocycles. The largest absolute Gasteiger partial charge is 0.378 e. The van der Waals surface area contributed by atoms with Crippen molar-refractivity contribution in [3.63, 3.8) is 0 Å². The first-order valence-electron chi connectivity index (χ1n) is 13.6. The van der Waals surface area contributed by atoms with E-state index in [0.29, 0.717) is 5.92 Å². The number of anilines is 1. The van der Waals surface area contributed by atoms with Crippen LogP contribution < -0.4 is 4.90 Å². The molecule has 1 aliphatic rings. The van der Waals surface area contributed by atoms with Crippen LogP contribution in [0.2, 0.25) is 0 Å². The van der Waals surface area contributed by atoms with Gasteiger partial charge in [-0.3, -0.25) is 0 Å². The van der Waals surface area contributed by atoms with Gasteiger partial charge in [-0.25, -0.2) is 4.98 Å². The maximum Gasteiger partial charge on any atom is 0.158 e. The van der Waals surface area contributed by atoms with Crippen LogP contribution in [0.4, 0.5) is 5.82 Å². The Balaban J connectivity index is 1.78. The van der Waals surface area contributed by atoms with Crippen molar-refractivity contribution < 1.29 is 4.74 Å². The van der Waals surface area contributed by atoms with Gasteiger partial charge in [0.05, 0.1) is 18.9 Å². The number of hydrogen-bond donors (Lipinski definition) is 0. The van der Waals surface area contributed by atoms with E-state index in [1.807, 2.05) is 11.4 Å². The third kappa shape index (κ3) is 6.47. The summed E-state index contributed by atoms with van der Waals surface area (Å²) in [7, 11) is 0. The molecule has 194 valence electrons. The lowest BCUT2D eigenvalue weighted by Gasteiger charge is -2.29. The van der Waals surface area contributed by atoms with Gasteiger partial charge in [0.15, 0.2) is 5.65 Å². The second kappa shape index (κ2) is 13.2. The average Bonchev–Trinajstić information content (AvgIpc) is 3.38. The Kier molecular flexibility index (Phi) is 9.50. The standard InChI is InChI=1S/C32H40N4O/c1-5-9-11-17-28(14-6-2)30-23-31-33-29(24-32(36(31)34-30)35-18-20-37-21-19-35)26(8-4)22-25(7-3)27-15-12-10-13-16-27/h6-7,9-17,23-24,26H,5,8,18-22H2,1-4H3/b11-9+,14-6-,25-7+,28-17+. The molecule has 1 unspecified atom stereocenters. The van der Waals surface area contributed by atoms with Gasteiger partial charge in [0.2, 0.25) is 0 Å². The van der Waals surface area contributed by atoms with E-state index in [1.54, 1.807) is 0 Å². The van der Waals surface area contributed by atoms with E-state index < -0.39 is 0 Å². The van der Waals surface area contributed by atoms with Crippen LogP contribution in [-0.4, -0.2) is 40.9 Å². The van der Waals surface area contributed by atoms with Gasteiger partial charge in [0.1, 0.15) is 5.82 Å². The van der Waals surface area contributed by atoms with E-state index in [2.05, 4.69) is 105 Å². The maximum atomic E-state index is 5.66. The fourth-order valence-corrected chi connectivity index (χ4v) is 4.84. The van der Waals surface area contributed by atoms with Crippen LogP contribution >= 0.6 is 0 Å². The summed E-state index contributed by atoms with van der Waals surface area (Å²) in [4.78, 5) is 7.57. The number of fused-ring (bicyclic) bond motifs is 1. The zero-order valence-electron chi connectivity index (χ0n) is 22.7. The van der Waals surface area contributed by atoms with Crippen LogP contribution in [0, 0.1) is 0 Å². The van der Waals surface area contributed by atoms with Crippen molar-refractivity contribution in [3.8, 4) is 0 Å². The fraction of sp³-hybridized carbons (Fsp3) is 0.375. The quantitative estimate of drug-likeness (QED) is 0.273. The van der Waals surface area contributed by atoms with Crippen molar-refractivity contribution in [2.24, 2.45) is 0 Å². The van der Waals surface area contributed by atoms with Crippen LogP contribution in [0.25, 0.3) is 16.8 Å². The monoisotopic (exact) mass is 496 g/mol. The molecule has 1 aromatic carbocycles. The van der Waals surface area contributed by atoms with Crippen LogP contribution in [0.1, 0.15) is 69.8 Å². The Morgan fingerprint density at radius 1 is 1.08 bits per heavy atom. The highest BCUT2D eigenvalue weighted by atomic mass is 16.5. The van der Waals surface area contributed by atoms with Crippen molar-refractivity contribution in [1.29, 1.82) is 0 Å². The van der Waals surface area contributed by atoms with Crippen LogP contribution in [0.15, 0.2) is 78.9 Å². The first-order chi connectivity index (χ1) is 18.2. The average molecular weight is 497 g/mol. The summed E-state index contributed by atoms with van der Waals surface area (Å²) in [5.41, 5.74) is 6.68. The van der Waals surface area contributed by atoms with E-state index in [1.165, 1.54) is 11.1 Å². The van der Waals surface area contributed by atoms with Gasteiger partial charge in [-0.1, -0.05) is 80.6 Å². The SMILES string of the molecule is C\C=C/C(=C\C=C\CC)c1cc2nc(C(CC)C/C(=C\C)c3ccccc3)cc(N3CCOCC3)n2n1. The zero-order chi connectivity index (χ0) is 26.0. The number of nitrogens with zero attached hydrogens (tertiary/aromatic N) is 4. The lowest BCUT2D eigenvalue weighted by Crippen LogP contribution is -2.37. The molecule has 1 fully saturated rings. The first-order valence-corrected chi connectivity index (χ1v) is 13.6. The summed E-state index contributed by atoms with van der Waals surface area (Å²) in [6, 6.07) is 15.1. The molecule has 0 aliphatic carbocycles. The molecule has 1 saturated heterocycles. The molecular weight excluding hydrogens is 456 g/mol. The third-order valence-corrected chi connectivity index (χ3v) is 6.92. The van der Waals surface area contributed by atoms with Crippen molar-refractivity contribution in [2.45, 2.75) is 52.9 Å². The van der Waals surface area contributed by atoms with Gasteiger partial charge in [0, 0.05) is 42.4 Å². The van der Waals surface area contributed by atoms with E-state index >= 15 is 0 Å². The Morgan fingerprint density at radius 3 is 2.54 bits per heavy atom. The number of ether oxygens (including phenoxy) is 1. The normalized spacial score (nSPS) is 16.4. The number of morpholine rings is 1. The van der Waals surface area contributed by atoms with Crippen molar-refractivity contribution >= 4 is 22.6 Å². The van der Waals surface area contributed by atoms with Crippen molar-refractivity contribution in [1.82, 2.24) is 14.6 Å². The molecule has 0 N–H and O–H groups in total. The molecule has 2 aromatic heterocycles. The lowest BCUT2D eigenvalue weighted by atomic mass is 9.90. The second-order valence-electron chi connectivity index (χ2n) is 9.39. The summed E-state index contributed by atoms with van der Waals surface area (Å²) in [6.07, 6.45) is 15.8. The molecule has 4 rings (SSSR count). The minimum Gasteiger partial charge on any atom is -0.378 e. The topological polar surface area (TPSA) is 42.7 Å². The van der Waals surface area contributed by atoms with Crippen LogP contribution in [-0.2, 0) is 4.74 Å². The Bertz CT molecular complexity index is 1280. The van der Waals surface area contributed by atoms with Gasteiger partial charge in [0.25, 0.3) is 0 Å². The van der Waals surface area contributed by atoms with E-state index in [4.69, 9.17) is 14.8 Å². The molecule has 1 aliphatic heterocycles. The first kappa shape index (κ1) is 26.6. The number of hydrogen-bond acceptors (Lipinski definition) is 4. The van der Waals surface area contributed by atoms with Gasteiger partial charge < -0.3 is 9.64 Å². The zero-order valence-corrected chi connectivity index (χ0v) is 22.7. The molecule has 0 radical (unpaired) electrons. The summed E-state index contributed by atoms with van der Waals surface area (Å²) >= 11 is 0. The van der Waals surface area contributed by atoms with Gasteiger partial charge in [-0.05, 0) is 44.2 Å². The van der Waals surface area contributed by atoms with Gasteiger partial charge in [-0.2, -0.15) is 9.61 Å². The third-order valence-electron chi connectivity index (χ3n) is 6.92. The molecular formula is C32H40N4O. The van der Waals surface area contributed by atoms with Crippen molar-refractivity contribution in [3.05, 3.63) is 95.9 Å². The summed E-state index contributed by atoms with van der Waals surface area (Å²) in [6.45, 7) is 11.7. The minimum absolute atomic E-state index is 0.313. The minimum atomic E-state index is 0.313. The number of benzene rings is 1. The molecule has 0 saturated carbocycles. The Morgan fingerprint density at radius 2 is 1.86 bits per heavy atom. The van der Waals surface area contributed by atoms with Crippen molar-refractivity contribution in [2.75, 3.05) is 31.2 Å². The number of aromatic nitrogens is 3. The summed E-state index contributed by atoms with van der Waals surface area (Å²) in [5.74, 6) is 1.41. The number of allylic oxidation sites excluding steroid dienone is 8. The van der Waals surface area contributed by atoms with Gasteiger partial charge >= 0.3 is 0 Å². The molecule has 37 heavy (non-hydrogen) atoms. The molecule has 5 heteroatoms. The summed E-state index contributed by atoms with van der Waals surface area (Å²) < 4.78 is 7.68. The van der Waals surface area contributed by atoms with E-state index in [9.17, 15) is 0 Å². The Hall–Kier alpha value is -3.44. The van der Waals surface area contributed by atoms with Crippen LogP contribution in [0.3, 0.4) is 0 Å². The molecule has 3 aromatic rings. The highest BCUT2D eigenvalue weighted by Crippen LogP contribution is 2.33. The van der Waals surface area contributed by atoms with Gasteiger partial charge in [-0.15, -0.1) is 0 Å².